The van der Waals surface area contributed by atoms with Gasteiger partial charge in [0.1, 0.15) is 0 Å². The summed E-state index contributed by atoms with van der Waals surface area (Å²) in [5.41, 5.74) is -0.526. The Bertz CT molecular complexity index is 272. The predicted octanol–water partition coefficient (Wildman–Crippen LogP) is 1.29. The van der Waals surface area contributed by atoms with E-state index in [1.54, 1.807) is 0 Å². The minimum Gasteiger partial charge on any atom is -0.340 e. The lowest BCUT2D eigenvalue weighted by Gasteiger charge is -2.24. The van der Waals surface area contributed by atoms with Crippen molar-refractivity contribution in [1.29, 1.82) is 0 Å². The maximum atomic E-state index is 11.6. The van der Waals surface area contributed by atoms with E-state index in [9.17, 15) is 4.79 Å². The third-order valence-corrected chi connectivity index (χ3v) is 2.99. The van der Waals surface area contributed by atoms with Gasteiger partial charge >= 0.3 is 0 Å². The van der Waals surface area contributed by atoms with Gasteiger partial charge in [0.25, 0.3) is 0 Å². The molecule has 0 aliphatic carbocycles. The highest BCUT2D eigenvalue weighted by Gasteiger charge is 2.19. The van der Waals surface area contributed by atoms with Crippen molar-refractivity contribution in [2.75, 3.05) is 13.1 Å². The summed E-state index contributed by atoms with van der Waals surface area (Å²) >= 11 is 0. The van der Waals surface area contributed by atoms with Crippen LogP contribution in [0.3, 0.4) is 0 Å². The van der Waals surface area contributed by atoms with Crippen LogP contribution in [0.5, 0.6) is 0 Å². The number of piperidine rings is 1. The molecule has 0 saturated carbocycles. The van der Waals surface area contributed by atoms with Gasteiger partial charge in [0.2, 0.25) is 5.91 Å². The summed E-state index contributed by atoms with van der Waals surface area (Å²) in [5, 5.41) is 6.20. The smallest absolute Gasteiger partial charge is 0.221 e. The van der Waals surface area contributed by atoms with E-state index in [1.165, 1.54) is 12.8 Å². The number of terminal acetylenes is 1. The molecule has 1 aliphatic rings. The van der Waals surface area contributed by atoms with Gasteiger partial charge in [-0.15, -0.1) is 6.42 Å². The van der Waals surface area contributed by atoms with Crippen molar-refractivity contribution in [2.24, 2.45) is 5.92 Å². The SMILES string of the molecule is C#CC(C)(C)NC(=O)CCC1CCCNC1. The van der Waals surface area contributed by atoms with Gasteiger partial charge in [-0.25, -0.2) is 0 Å². The molecule has 0 aromatic heterocycles. The summed E-state index contributed by atoms with van der Waals surface area (Å²) in [7, 11) is 0. The van der Waals surface area contributed by atoms with Crippen LogP contribution in [0.4, 0.5) is 0 Å². The average molecular weight is 222 g/mol. The minimum atomic E-state index is -0.526. The molecule has 1 atom stereocenters. The van der Waals surface area contributed by atoms with Crippen molar-refractivity contribution in [3.8, 4) is 12.3 Å². The van der Waals surface area contributed by atoms with Crippen LogP contribution >= 0.6 is 0 Å². The Morgan fingerprint density at radius 3 is 2.94 bits per heavy atom. The van der Waals surface area contributed by atoms with Gasteiger partial charge in [-0.1, -0.05) is 5.92 Å². The summed E-state index contributed by atoms with van der Waals surface area (Å²) in [4.78, 5) is 11.6. The van der Waals surface area contributed by atoms with Crippen LogP contribution in [0.1, 0.15) is 39.5 Å². The quantitative estimate of drug-likeness (QED) is 0.704. The topological polar surface area (TPSA) is 41.1 Å². The molecule has 0 radical (unpaired) electrons. The molecule has 90 valence electrons. The minimum absolute atomic E-state index is 0.0634. The van der Waals surface area contributed by atoms with Crippen LogP contribution in [-0.4, -0.2) is 24.5 Å². The zero-order valence-corrected chi connectivity index (χ0v) is 10.3. The standard InChI is InChI=1S/C13H22N2O/c1-4-13(2,3)15-12(16)8-7-11-6-5-9-14-10-11/h1,11,14H,5-10H2,2-3H3,(H,15,16). The third-order valence-electron chi connectivity index (χ3n) is 2.99. The molecule has 1 aliphatic heterocycles. The third kappa shape index (κ3) is 4.67. The monoisotopic (exact) mass is 222 g/mol. The van der Waals surface area contributed by atoms with Crippen molar-refractivity contribution < 1.29 is 4.79 Å². The lowest BCUT2D eigenvalue weighted by atomic mass is 9.94. The van der Waals surface area contributed by atoms with Gasteiger partial charge in [-0.2, -0.15) is 0 Å². The van der Waals surface area contributed by atoms with Gasteiger partial charge in [-0.3, -0.25) is 4.79 Å². The summed E-state index contributed by atoms with van der Waals surface area (Å²) in [6.07, 6.45) is 9.32. The Hall–Kier alpha value is -1.01. The second-order valence-electron chi connectivity index (χ2n) is 5.07. The Morgan fingerprint density at radius 2 is 2.38 bits per heavy atom. The lowest BCUT2D eigenvalue weighted by Crippen LogP contribution is -2.42. The second kappa shape index (κ2) is 5.91. The first-order valence-corrected chi connectivity index (χ1v) is 6.03. The van der Waals surface area contributed by atoms with E-state index in [0.717, 1.165) is 19.5 Å². The van der Waals surface area contributed by atoms with E-state index in [1.807, 2.05) is 13.8 Å². The van der Waals surface area contributed by atoms with E-state index in [-0.39, 0.29) is 5.91 Å². The zero-order chi connectivity index (χ0) is 12.0. The summed E-state index contributed by atoms with van der Waals surface area (Å²) in [6.45, 7) is 5.85. The van der Waals surface area contributed by atoms with E-state index < -0.39 is 5.54 Å². The van der Waals surface area contributed by atoms with Gasteiger partial charge in [-0.05, 0) is 52.1 Å². The van der Waals surface area contributed by atoms with Crippen molar-refractivity contribution in [3.63, 3.8) is 0 Å². The van der Waals surface area contributed by atoms with Crippen LogP contribution in [0.2, 0.25) is 0 Å². The number of hydrogen-bond acceptors (Lipinski definition) is 2. The first kappa shape index (κ1) is 13.1. The van der Waals surface area contributed by atoms with E-state index in [4.69, 9.17) is 6.42 Å². The summed E-state index contributed by atoms with van der Waals surface area (Å²) < 4.78 is 0. The fourth-order valence-electron chi connectivity index (χ4n) is 1.95. The number of carbonyl (C=O) groups excluding carboxylic acids is 1. The van der Waals surface area contributed by atoms with Crippen molar-refractivity contribution in [2.45, 2.75) is 45.1 Å². The van der Waals surface area contributed by atoms with Crippen LogP contribution in [0, 0.1) is 18.3 Å². The van der Waals surface area contributed by atoms with E-state index in [0.29, 0.717) is 12.3 Å². The Kier molecular flexibility index (Phi) is 4.82. The van der Waals surface area contributed by atoms with Crippen LogP contribution < -0.4 is 10.6 Å². The molecule has 1 unspecified atom stereocenters. The van der Waals surface area contributed by atoms with Crippen LogP contribution in [0.15, 0.2) is 0 Å². The Balaban J connectivity index is 2.22. The normalized spacial score (nSPS) is 21.2. The molecule has 0 aromatic rings. The maximum Gasteiger partial charge on any atom is 0.221 e. The Morgan fingerprint density at radius 1 is 1.62 bits per heavy atom. The molecule has 0 bridgehead atoms. The highest BCUT2D eigenvalue weighted by atomic mass is 16.1. The molecule has 3 nitrogen and oxygen atoms in total. The van der Waals surface area contributed by atoms with Gasteiger partial charge in [0.15, 0.2) is 0 Å². The zero-order valence-electron chi connectivity index (χ0n) is 10.3. The molecule has 1 heterocycles. The first-order chi connectivity index (χ1) is 7.53. The largest absolute Gasteiger partial charge is 0.340 e. The molecule has 1 amide bonds. The van der Waals surface area contributed by atoms with Crippen LogP contribution in [0.25, 0.3) is 0 Å². The molecule has 1 saturated heterocycles. The second-order valence-corrected chi connectivity index (χ2v) is 5.07. The summed E-state index contributed by atoms with van der Waals surface area (Å²) in [5.74, 6) is 3.28. The number of hydrogen-bond donors (Lipinski definition) is 2. The number of carbonyl (C=O) groups is 1. The molecule has 3 heteroatoms. The lowest BCUT2D eigenvalue weighted by molar-refractivity contribution is -0.122. The van der Waals surface area contributed by atoms with E-state index in [2.05, 4.69) is 16.6 Å². The molecule has 0 aromatic carbocycles. The fourth-order valence-corrected chi connectivity index (χ4v) is 1.95. The van der Waals surface area contributed by atoms with Crippen molar-refractivity contribution >= 4 is 5.91 Å². The number of amides is 1. The molecule has 2 N–H and O–H groups in total. The van der Waals surface area contributed by atoms with Gasteiger partial charge < -0.3 is 10.6 Å². The fraction of sp³-hybridized carbons (Fsp3) is 0.769. The molecule has 1 fully saturated rings. The average Bonchev–Trinajstić information content (AvgIpc) is 2.27. The van der Waals surface area contributed by atoms with E-state index >= 15 is 0 Å². The molecule has 0 spiro atoms. The first-order valence-electron chi connectivity index (χ1n) is 6.03. The van der Waals surface area contributed by atoms with Crippen LogP contribution in [-0.2, 0) is 4.79 Å². The number of rotatable bonds is 4. The Labute approximate surface area is 98.4 Å². The molecule has 1 rings (SSSR count). The maximum absolute atomic E-state index is 11.6. The molecular formula is C13H22N2O. The molecule has 16 heavy (non-hydrogen) atoms. The molecular weight excluding hydrogens is 200 g/mol. The highest BCUT2D eigenvalue weighted by Crippen LogP contribution is 2.15. The highest BCUT2D eigenvalue weighted by molar-refractivity contribution is 5.77. The predicted molar refractivity (Wildman–Crippen MR) is 65.9 cm³/mol. The van der Waals surface area contributed by atoms with Gasteiger partial charge in [0.05, 0.1) is 5.54 Å². The van der Waals surface area contributed by atoms with Crippen molar-refractivity contribution in [1.82, 2.24) is 10.6 Å². The van der Waals surface area contributed by atoms with Crippen molar-refractivity contribution in [3.05, 3.63) is 0 Å². The number of nitrogens with one attached hydrogen (secondary N) is 2. The summed E-state index contributed by atoms with van der Waals surface area (Å²) in [6, 6.07) is 0. The van der Waals surface area contributed by atoms with Gasteiger partial charge in [0, 0.05) is 6.42 Å².